The van der Waals surface area contributed by atoms with Gasteiger partial charge in [-0.15, -0.1) is 11.3 Å². The third kappa shape index (κ3) is 4.80. The van der Waals surface area contributed by atoms with Gasteiger partial charge >= 0.3 is 11.9 Å². The van der Waals surface area contributed by atoms with Crippen molar-refractivity contribution in [3.05, 3.63) is 46.9 Å². The number of allylic oxidation sites excluding steroid dienone is 2. The molecule has 0 fully saturated rings. The zero-order valence-electron chi connectivity index (χ0n) is 17.6. The highest BCUT2D eigenvalue weighted by Crippen LogP contribution is 2.41. The van der Waals surface area contributed by atoms with Crippen LogP contribution in [0.2, 0.25) is 0 Å². The first kappa shape index (κ1) is 22.6. The quantitative estimate of drug-likeness (QED) is 0.482. The molecule has 1 aromatic heterocycles. The summed E-state index contributed by atoms with van der Waals surface area (Å²) in [6.07, 6.45) is 4.24. The summed E-state index contributed by atoms with van der Waals surface area (Å²) >= 11 is 1.27. The van der Waals surface area contributed by atoms with E-state index in [0.29, 0.717) is 30.0 Å². The molecule has 0 unspecified atom stereocenters. The summed E-state index contributed by atoms with van der Waals surface area (Å²) in [7, 11) is 1.29. The largest absolute Gasteiger partial charge is 0.494 e. The van der Waals surface area contributed by atoms with E-state index in [4.69, 9.17) is 9.47 Å². The minimum atomic E-state index is -1.00. The number of thiophene rings is 1. The van der Waals surface area contributed by atoms with Gasteiger partial charge < -0.3 is 19.9 Å². The molecule has 0 saturated carbocycles. The number of carbonyl (C=O) groups excluding carboxylic acids is 2. The second-order valence-corrected chi connectivity index (χ2v) is 8.39. The molecular formula is C23H25NO6S. The topological polar surface area (TPSA) is 102 Å². The van der Waals surface area contributed by atoms with E-state index >= 15 is 0 Å². The maximum absolute atomic E-state index is 12.9. The van der Waals surface area contributed by atoms with Gasteiger partial charge in [-0.2, -0.15) is 0 Å². The van der Waals surface area contributed by atoms with Crippen LogP contribution < -0.4 is 10.1 Å². The second kappa shape index (κ2) is 9.78. The van der Waals surface area contributed by atoms with Crippen molar-refractivity contribution < 1.29 is 29.0 Å². The van der Waals surface area contributed by atoms with Gasteiger partial charge in [-0.25, -0.2) is 4.79 Å². The minimum absolute atomic E-state index is 0.265. The standard InChI is InChI=1S/C23H25NO6S/c1-4-30-15-11-9-14(10-12-15)18-13(2)31-21(19(18)23(28)29-3)24-20(25)16-7-5-6-8-17(16)22(26)27/h5-6,9-12,16-17H,4,7-8H2,1-3H3,(H,24,25)(H,26,27)/t16-,17+/m1/s1. The van der Waals surface area contributed by atoms with Crippen LogP contribution in [0.1, 0.15) is 35.0 Å². The Bertz CT molecular complexity index is 1010. The summed E-state index contributed by atoms with van der Waals surface area (Å²) in [5.74, 6) is -2.77. The number of benzene rings is 1. The van der Waals surface area contributed by atoms with E-state index in [1.54, 1.807) is 6.08 Å². The van der Waals surface area contributed by atoms with Crippen molar-refractivity contribution in [2.45, 2.75) is 26.7 Å². The molecule has 1 aromatic carbocycles. The molecule has 0 saturated heterocycles. The van der Waals surface area contributed by atoms with Gasteiger partial charge in [-0.05, 0) is 44.4 Å². The molecule has 3 rings (SSSR count). The summed E-state index contributed by atoms with van der Waals surface area (Å²) < 4.78 is 10.5. The third-order valence-corrected chi connectivity index (χ3v) is 6.27. The molecule has 0 bridgehead atoms. The van der Waals surface area contributed by atoms with E-state index < -0.39 is 29.7 Å². The molecular weight excluding hydrogens is 418 g/mol. The molecule has 1 aliphatic rings. The Balaban J connectivity index is 1.96. The van der Waals surface area contributed by atoms with Crippen LogP contribution in [-0.4, -0.2) is 36.7 Å². The van der Waals surface area contributed by atoms with Crippen molar-refractivity contribution in [2.24, 2.45) is 11.8 Å². The Morgan fingerprint density at radius 3 is 2.35 bits per heavy atom. The van der Waals surface area contributed by atoms with Crippen molar-refractivity contribution in [3.8, 4) is 16.9 Å². The van der Waals surface area contributed by atoms with Crippen LogP contribution in [0.3, 0.4) is 0 Å². The number of anilines is 1. The predicted octanol–water partition coefficient (Wildman–Crippen LogP) is 4.51. The van der Waals surface area contributed by atoms with Gasteiger partial charge in [0.05, 0.1) is 25.6 Å². The predicted molar refractivity (Wildman–Crippen MR) is 119 cm³/mol. The van der Waals surface area contributed by atoms with Crippen LogP contribution in [-0.2, 0) is 14.3 Å². The lowest BCUT2D eigenvalue weighted by atomic mass is 9.82. The Morgan fingerprint density at radius 2 is 1.77 bits per heavy atom. The number of ether oxygens (including phenoxy) is 2. The Labute approximate surface area is 184 Å². The number of carboxylic acid groups (broad SMARTS) is 1. The molecule has 2 N–H and O–H groups in total. The zero-order valence-corrected chi connectivity index (χ0v) is 18.5. The van der Waals surface area contributed by atoms with Crippen LogP contribution in [0.5, 0.6) is 5.75 Å². The molecule has 1 heterocycles. The molecule has 164 valence electrons. The van der Waals surface area contributed by atoms with Crippen molar-refractivity contribution in [3.63, 3.8) is 0 Å². The number of carbonyl (C=O) groups is 3. The third-order valence-electron chi connectivity index (χ3n) is 5.25. The number of amides is 1. The summed E-state index contributed by atoms with van der Waals surface area (Å²) in [6, 6.07) is 7.34. The fourth-order valence-electron chi connectivity index (χ4n) is 3.74. The molecule has 31 heavy (non-hydrogen) atoms. The van der Waals surface area contributed by atoms with Crippen molar-refractivity contribution >= 4 is 34.2 Å². The lowest BCUT2D eigenvalue weighted by molar-refractivity contribution is -0.146. The molecule has 0 spiro atoms. The smallest absolute Gasteiger partial charge is 0.341 e. The van der Waals surface area contributed by atoms with Crippen LogP contribution in [0.25, 0.3) is 11.1 Å². The van der Waals surface area contributed by atoms with Crippen molar-refractivity contribution in [2.75, 3.05) is 19.0 Å². The van der Waals surface area contributed by atoms with Crippen molar-refractivity contribution in [1.82, 2.24) is 0 Å². The second-order valence-electron chi connectivity index (χ2n) is 7.17. The molecule has 1 amide bonds. The van der Waals surface area contributed by atoms with Gasteiger partial charge in [0.2, 0.25) is 5.91 Å². The average molecular weight is 444 g/mol. The molecule has 2 aromatic rings. The number of methoxy groups -OCH3 is 1. The fourth-order valence-corrected chi connectivity index (χ4v) is 4.81. The van der Waals surface area contributed by atoms with Gasteiger partial charge in [0, 0.05) is 10.4 Å². The number of carboxylic acids is 1. The highest BCUT2D eigenvalue weighted by Gasteiger charge is 2.35. The van der Waals surface area contributed by atoms with Crippen LogP contribution in [0.15, 0.2) is 36.4 Å². The van der Waals surface area contributed by atoms with Gasteiger partial charge in [0.25, 0.3) is 0 Å². The lowest BCUT2D eigenvalue weighted by Gasteiger charge is -2.24. The minimum Gasteiger partial charge on any atom is -0.494 e. The number of nitrogens with one attached hydrogen (secondary N) is 1. The Morgan fingerprint density at radius 1 is 1.13 bits per heavy atom. The number of aryl methyl sites for hydroxylation is 1. The van der Waals surface area contributed by atoms with E-state index in [-0.39, 0.29) is 5.56 Å². The Kier molecular flexibility index (Phi) is 7.12. The van der Waals surface area contributed by atoms with Crippen LogP contribution in [0.4, 0.5) is 5.00 Å². The van der Waals surface area contributed by atoms with E-state index in [9.17, 15) is 19.5 Å². The molecule has 0 aliphatic heterocycles. The van der Waals surface area contributed by atoms with E-state index in [0.717, 1.165) is 16.2 Å². The van der Waals surface area contributed by atoms with Crippen molar-refractivity contribution in [1.29, 1.82) is 0 Å². The number of aliphatic carboxylic acids is 1. The zero-order chi connectivity index (χ0) is 22.5. The lowest BCUT2D eigenvalue weighted by Crippen LogP contribution is -2.34. The SMILES string of the molecule is CCOc1ccc(-c2c(C)sc(NC(=O)[C@@H]3CC=CC[C@@H]3C(=O)O)c2C(=O)OC)cc1. The number of rotatable bonds is 7. The van der Waals surface area contributed by atoms with Gasteiger partial charge in [0.15, 0.2) is 0 Å². The fraction of sp³-hybridized carbons (Fsp3) is 0.348. The normalized spacial score (nSPS) is 17.8. The monoisotopic (exact) mass is 443 g/mol. The first-order valence-corrected chi connectivity index (χ1v) is 10.8. The summed E-state index contributed by atoms with van der Waals surface area (Å²) in [5, 5.41) is 12.6. The number of hydrogen-bond acceptors (Lipinski definition) is 6. The maximum Gasteiger partial charge on any atom is 0.341 e. The van der Waals surface area contributed by atoms with E-state index in [1.165, 1.54) is 18.4 Å². The molecule has 7 nitrogen and oxygen atoms in total. The molecule has 8 heteroatoms. The first-order valence-electron chi connectivity index (χ1n) is 10.0. The first-order chi connectivity index (χ1) is 14.9. The molecule has 1 aliphatic carbocycles. The summed E-state index contributed by atoms with van der Waals surface area (Å²) in [6.45, 7) is 4.31. The maximum atomic E-state index is 12.9. The summed E-state index contributed by atoms with van der Waals surface area (Å²) in [4.78, 5) is 38.0. The van der Waals surface area contributed by atoms with Crippen LogP contribution >= 0.6 is 11.3 Å². The summed E-state index contributed by atoms with van der Waals surface area (Å²) in [5.41, 5.74) is 1.73. The highest BCUT2D eigenvalue weighted by molar-refractivity contribution is 7.17. The number of hydrogen-bond donors (Lipinski definition) is 2. The van der Waals surface area contributed by atoms with E-state index in [2.05, 4.69) is 5.32 Å². The van der Waals surface area contributed by atoms with E-state index in [1.807, 2.05) is 44.2 Å². The average Bonchev–Trinajstić information content (AvgIpc) is 3.09. The van der Waals surface area contributed by atoms with Gasteiger partial charge in [-0.3, -0.25) is 9.59 Å². The Hall–Kier alpha value is -3.13. The number of esters is 1. The van der Waals surface area contributed by atoms with Gasteiger partial charge in [0.1, 0.15) is 16.3 Å². The highest BCUT2D eigenvalue weighted by atomic mass is 32.1. The molecule has 2 atom stereocenters. The van der Waals surface area contributed by atoms with Gasteiger partial charge in [-0.1, -0.05) is 24.3 Å². The molecule has 0 radical (unpaired) electrons. The van der Waals surface area contributed by atoms with Crippen LogP contribution in [0, 0.1) is 18.8 Å².